The van der Waals surface area contributed by atoms with Crippen molar-refractivity contribution in [1.82, 2.24) is 4.90 Å². The lowest BCUT2D eigenvalue weighted by atomic mass is 9.94. The Balaban J connectivity index is 2.59. The van der Waals surface area contributed by atoms with Gasteiger partial charge in [-0.15, -0.1) is 0 Å². The largest absolute Gasteiger partial charge is 0.494 e. The fourth-order valence-corrected chi connectivity index (χ4v) is 10.6. The van der Waals surface area contributed by atoms with E-state index in [2.05, 4.69) is 32.6 Å². The molecule has 1 aromatic carbocycles. The Morgan fingerprint density at radius 2 is 0.718 bits per heavy atom. The fourth-order valence-electron chi connectivity index (χ4n) is 10.6. The van der Waals surface area contributed by atoms with Crippen molar-refractivity contribution in [2.75, 3.05) is 47.1 Å². The summed E-state index contributed by atoms with van der Waals surface area (Å²) in [5.41, 5.74) is 0.804. The van der Waals surface area contributed by atoms with Crippen LogP contribution >= 0.6 is 0 Å². The molecular weight excluding hydrogens is 971 g/mol. The zero-order valence-corrected chi connectivity index (χ0v) is 52.4. The second-order valence-corrected chi connectivity index (χ2v) is 23.6. The summed E-state index contributed by atoms with van der Waals surface area (Å²) < 4.78 is 30.1. The van der Waals surface area contributed by atoms with Gasteiger partial charge in [0.05, 0.1) is 38.3 Å². The van der Waals surface area contributed by atoms with Crippen LogP contribution < -0.4 is 9.47 Å². The molecule has 0 aliphatic carbocycles. The van der Waals surface area contributed by atoms with Gasteiger partial charge in [-0.05, 0) is 122 Å². The smallest absolute Gasteiger partial charge is 0.308 e. The number of hydrogen-bond acceptors (Lipinski definition) is 9. The van der Waals surface area contributed by atoms with E-state index in [1.165, 1.54) is 180 Å². The predicted octanol–water partition coefficient (Wildman–Crippen LogP) is 20.4. The molecule has 78 heavy (non-hydrogen) atoms. The lowest BCUT2D eigenvalue weighted by Gasteiger charge is -2.16. The van der Waals surface area contributed by atoms with Gasteiger partial charge in [-0.2, -0.15) is 0 Å². The topological polar surface area (TPSA) is 101 Å². The Morgan fingerprint density at radius 1 is 0.385 bits per heavy atom. The van der Waals surface area contributed by atoms with E-state index in [4.69, 9.17) is 23.7 Å². The van der Waals surface area contributed by atoms with Crippen LogP contribution in [-0.4, -0.2) is 69.9 Å². The summed E-state index contributed by atoms with van der Waals surface area (Å²) in [5.74, 6) is 1.37. The zero-order valence-electron chi connectivity index (χ0n) is 52.4. The van der Waals surface area contributed by atoms with Crippen LogP contribution in [0.5, 0.6) is 11.5 Å². The van der Waals surface area contributed by atoms with Crippen LogP contribution in [0, 0.1) is 11.8 Å². The molecule has 0 heterocycles. The van der Waals surface area contributed by atoms with E-state index in [-0.39, 0.29) is 36.4 Å². The highest BCUT2D eigenvalue weighted by Crippen LogP contribution is 2.27. The quantitative estimate of drug-likeness (QED) is 0.0359. The summed E-state index contributed by atoms with van der Waals surface area (Å²) >= 11 is 0. The van der Waals surface area contributed by atoms with Gasteiger partial charge in [0.15, 0.2) is 0 Å². The molecule has 0 N–H and O–H groups in total. The molecule has 1 aromatic rings. The first-order chi connectivity index (χ1) is 38.2. The van der Waals surface area contributed by atoms with Crippen LogP contribution in [-0.2, 0) is 35.2 Å². The number of hydrogen-bond donors (Lipinski definition) is 0. The van der Waals surface area contributed by atoms with E-state index in [0.29, 0.717) is 38.6 Å². The first-order valence-electron chi connectivity index (χ1n) is 33.8. The molecule has 0 radical (unpaired) electrons. The molecule has 0 saturated heterocycles. The minimum atomic E-state index is -0.212. The number of unbranched alkanes of at least 4 members (excludes halogenated alkanes) is 34. The maximum absolute atomic E-state index is 13.3. The van der Waals surface area contributed by atoms with E-state index >= 15 is 0 Å². The molecule has 0 amide bonds. The minimum Gasteiger partial charge on any atom is -0.494 e. The van der Waals surface area contributed by atoms with E-state index < -0.39 is 0 Å². The molecule has 0 atom stereocenters. The lowest BCUT2D eigenvalue weighted by Crippen LogP contribution is -2.18. The number of nitrogens with zero attached hydrogens (tertiary/aromatic N) is 1. The molecule has 0 unspecified atom stereocenters. The third kappa shape index (κ3) is 45.9. The van der Waals surface area contributed by atoms with Crippen molar-refractivity contribution in [2.24, 2.45) is 11.8 Å². The van der Waals surface area contributed by atoms with Crippen molar-refractivity contribution in [1.29, 1.82) is 0 Å². The Hall–Kier alpha value is -2.81. The van der Waals surface area contributed by atoms with Crippen LogP contribution in [0.15, 0.2) is 18.2 Å². The molecule has 9 heteroatoms. The van der Waals surface area contributed by atoms with Crippen LogP contribution in [0.25, 0.3) is 0 Å². The van der Waals surface area contributed by atoms with E-state index in [0.717, 1.165) is 127 Å². The average Bonchev–Trinajstić information content (AvgIpc) is 3.43. The van der Waals surface area contributed by atoms with Gasteiger partial charge in [-0.1, -0.05) is 233 Å². The maximum Gasteiger partial charge on any atom is 0.308 e. The third-order valence-corrected chi connectivity index (χ3v) is 15.8. The first kappa shape index (κ1) is 73.2. The van der Waals surface area contributed by atoms with E-state index in [1.807, 2.05) is 32.3 Å². The van der Waals surface area contributed by atoms with Crippen molar-refractivity contribution in [2.45, 2.75) is 330 Å². The number of carbonyl (C=O) groups excluding carboxylic acids is 3. The van der Waals surface area contributed by atoms with Crippen LogP contribution in [0.1, 0.15) is 329 Å². The monoisotopic (exact) mass is 1100 g/mol. The second kappa shape index (κ2) is 56.1. The second-order valence-electron chi connectivity index (χ2n) is 23.6. The molecule has 456 valence electrons. The number of rotatable bonds is 60. The van der Waals surface area contributed by atoms with E-state index in [1.54, 1.807) is 0 Å². The molecule has 0 aromatic heterocycles. The normalized spacial score (nSPS) is 11.6. The van der Waals surface area contributed by atoms with Gasteiger partial charge in [0, 0.05) is 12.0 Å². The highest BCUT2D eigenvalue weighted by atomic mass is 16.5. The van der Waals surface area contributed by atoms with Crippen LogP contribution in [0.3, 0.4) is 0 Å². The van der Waals surface area contributed by atoms with Gasteiger partial charge < -0.3 is 28.6 Å². The van der Waals surface area contributed by atoms with E-state index in [9.17, 15) is 14.4 Å². The Kier molecular flexibility index (Phi) is 52.6. The molecule has 0 saturated carbocycles. The Labute approximate surface area is 482 Å². The van der Waals surface area contributed by atoms with Crippen LogP contribution in [0.2, 0.25) is 0 Å². The number of carbonyl (C=O) groups is 3. The predicted molar refractivity (Wildman–Crippen MR) is 330 cm³/mol. The molecular formula is C69H127NO8. The van der Waals surface area contributed by atoms with Crippen molar-refractivity contribution < 1.29 is 38.1 Å². The van der Waals surface area contributed by atoms with Crippen molar-refractivity contribution in [3.63, 3.8) is 0 Å². The van der Waals surface area contributed by atoms with Gasteiger partial charge >= 0.3 is 17.9 Å². The third-order valence-electron chi connectivity index (χ3n) is 15.8. The standard InChI is InChI=1S/C69H127NO8/c1-7-11-15-19-23-27-31-39-48-62(49-40-32-28-24-20-16-12-8-2)68(72)76-58-45-37-35-43-56-74-65-53-54-66(64(60-65)61-78-67(71)52-47-55-70(5)6)75-57-44-36-38-46-59-77-69(73)63(50-41-33-29-25-21-17-13-9-3)51-42-34-30-26-22-18-14-10-4/h53-54,60,62-63H,7-52,55-59,61H2,1-6H3. The molecule has 1 rings (SSSR count). The molecule has 0 spiro atoms. The average molecular weight is 1100 g/mol. The lowest BCUT2D eigenvalue weighted by molar-refractivity contribution is -0.150. The van der Waals surface area contributed by atoms with Crippen molar-refractivity contribution in [3.05, 3.63) is 23.8 Å². The summed E-state index contributed by atoms with van der Waals surface area (Å²) in [6.45, 7) is 12.2. The summed E-state index contributed by atoms with van der Waals surface area (Å²) in [6.07, 6.45) is 53.5. The van der Waals surface area contributed by atoms with Gasteiger partial charge in [0.2, 0.25) is 0 Å². The van der Waals surface area contributed by atoms with Crippen molar-refractivity contribution in [3.8, 4) is 11.5 Å². The molecule has 0 fully saturated rings. The Bertz CT molecular complexity index is 1440. The summed E-state index contributed by atoms with van der Waals surface area (Å²) in [5, 5.41) is 0. The number of benzene rings is 1. The van der Waals surface area contributed by atoms with Gasteiger partial charge in [-0.25, -0.2) is 0 Å². The first-order valence-corrected chi connectivity index (χ1v) is 33.8. The number of esters is 3. The molecule has 0 aliphatic rings. The Morgan fingerprint density at radius 3 is 1.09 bits per heavy atom. The molecule has 0 aliphatic heterocycles. The molecule has 0 bridgehead atoms. The summed E-state index contributed by atoms with van der Waals surface area (Å²) in [4.78, 5) is 41.4. The summed E-state index contributed by atoms with van der Waals surface area (Å²) in [7, 11) is 4.01. The van der Waals surface area contributed by atoms with Gasteiger partial charge in [0.1, 0.15) is 18.1 Å². The van der Waals surface area contributed by atoms with Gasteiger partial charge in [-0.3, -0.25) is 14.4 Å². The summed E-state index contributed by atoms with van der Waals surface area (Å²) in [6, 6.07) is 5.83. The SMILES string of the molecule is CCCCCCCCCCC(CCCCCCCCCC)C(=O)OCCCCCCOc1ccc(OCCCCCCOC(=O)C(CCCCCCCCCC)CCCCCCCCCC)c(COC(=O)CCCN(C)C)c1. The highest BCUT2D eigenvalue weighted by Gasteiger charge is 2.21. The van der Waals surface area contributed by atoms with Crippen molar-refractivity contribution >= 4 is 17.9 Å². The zero-order chi connectivity index (χ0) is 56.6. The molecule has 9 nitrogen and oxygen atoms in total. The fraction of sp³-hybridized carbons (Fsp3) is 0.870. The maximum atomic E-state index is 13.3. The number of ether oxygens (including phenoxy) is 5. The van der Waals surface area contributed by atoms with Gasteiger partial charge in [0.25, 0.3) is 0 Å². The minimum absolute atomic E-state index is 0.0220. The highest BCUT2D eigenvalue weighted by molar-refractivity contribution is 5.72. The van der Waals surface area contributed by atoms with Crippen LogP contribution in [0.4, 0.5) is 0 Å².